The molecule has 0 spiro atoms. The van der Waals surface area contributed by atoms with E-state index < -0.39 is 0 Å². The smallest absolute Gasteiger partial charge is 0.255 e. The molecule has 0 aliphatic carbocycles. The Morgan fingerprint density at radius 2 is 1.86 bits per heavy atom. The van der Waals surface area contributed by atoms with E-state index in [0.717, 1.165) is 10.9 Å². The van der Waals surface area contributed by atoms with Crippen LogP contribution < -0.4 is 5.73 Å². The van der Waals surface area contributed by atoms with Gasteiger partial charge in [0.15, 0.2) is 0 Å². The molecule has 0 bridgehead atoms. The van der Waals surface area contributed by atoms with Gasteiger partial charge in [0.2, 0.25) is 5.91 Å². The minimum absolute atomic E-state index is 0.0417. The molecule has 1 fully saturated rings. The zero-order valence-corrected chi connectivity index (χ0v) is 13.7. The average molecular weight is 354 g/mol. The van der Waals surface area contributed by atoms with Gasteiger partial charge in [-0.15, -0.1) is 0 Å². The molecule has 2 amide bonds. The second-order valence-electron chi connectivity index (χ2n) is 5.12. The number of anilines is 1. The van der Waals surface area contributed by atoms with Crippen LogP contribution in [0.1, 0.15) is 30.1 Å². The molecule has 5 nitrogen and oxygen atoms in total. The normalized spacial score (nSPS) is 15.7. The van der Waals surface area contributed by atoms with Gasteiger partial charge in [0, 0.05) is 42.8 Å². The summed E-state index contributed by atoms with van der Waals surface area (Å²) >= 11 is 3.40. The third-order valence-electron chi connectivity index (χ3n) is 3.66. The van der Waals surface area contributed by atoms with Gasteiger partial charge in [-0.2, -0.15) is 0 Å². The zero-order chi connectivity index (χ0) is 15.4. The summed E-state index contributed by atoms with van der Waals surface area (Å²) < 4.78 is 0.743. The summed E-state index contributed by atoms with van der Waals surface area (Å²) in [6.45, 7) is 4.40. The molecule has 1 aromatic rings. The molecule has 1 heterocycles. The number of nitrogens with zero attached hydrogens (tertiary/aromatic N) is 2. The van der Waals surface area contributed by atoms with Crippen LogP contribution in [-0.2, 0) is 4.79 Å². The predicted molar refractivity (Wildman–Crippen MR) is 85.9 cm³/mol. The Kier molecular flexibility index (Phi) is 5.22. The molecule has 2 rings (SSSR count). The third kappa shape index (κ3) is 3.75. The van der Waals surface area contributed by atoms with Gasteiger partial charge in [-0.25, -0.2) is 0 Å². The maximum atomic E-state index is 12.6. The van der Waals surface area contributed by atoms with Gasteiger partial charge in [-0.1, -0.05) is 6.92 Å². The van der Waals surface area contributed by atoms with E-state index in [0.29, 0.717) is 43.9 Å². The van der Waals surface area contributed by atoms with Crippen molar-refractivity contribution >= 4 is 33.4 Å². The van der Waals surface area contributed by atoms with Gasteiger partial charge in [0.05, 0.1) is 5.56 Å². The molecule has 0 radical (unpaired) electrons. The lowest BCUT2D eigenvalue weighted by molar-refractivity contribution is -0.130. The van der Waals surface area contributed by atoms with Crippen molar-refractivity contribution in [2.45, 2.75) is 19.8 Å². The van der Waals surface area contributed by atoms with E-state index in [1.165, 1.54) is 0 Å². The number of benzene rings is 1. The van der Waals surface area contributed by atoms with Crippen LogP contribution in [0.25, 0.3) is 0 Å². The Labute approximate surface area is 133 Å². The number of carbonyl (C=O) groups excluding carboxylic acids is 2. The van der Waals surface area contributed by atoms with E-state index in [2.05, 4.69) is 15.9 Å². The minimum atomic E-state index is -0.0417. The van der Waals surface area contributed by atoms with Gasteiger partial charge in [0.25, 0.3) is 5.91 Å². The fourth-order valence-corrected chi connectivity index (χ4v) is 2.89. The lowest BCUT2D eigenvalue weighted by Crippen LogP contribution is -2.37. The predicted octanol–water partition coefficient (Wildman–Crippen LogP) is 2.12. The van der Waals surface area contributed by atoms with Crippen LogP contribution in [-0.4, -0.2) is 47.8 Å². The van der Waals surface area contributed by atoms with E-state index in [1.807, 2.05) is 11.8 Å². The Hall–Kier alpha value is -1.56. The molecule has 0 aromatic heterocycles. The molecule has 0 saturated carbocycles. The first-order valence-electron chi connectivity index (χ1n) is 7.15. The summed E-state index contributed by atoms with van der Waals surface area (Å²) in [6, 6.07) is 5.23. The Morgan fingerprint density at radius 3 is 2.57 bits per heavy atom. The van der Waals surface area contributed by atoms with Crippen LogP contribution >= 0.6 is 15.9 Å². The first-order chi connectivity index (χ1) is 10.0. The second-order valence-corrected chi connectivity index (χ2v) is 5.97. The molecule has 6 heteroatoms. The number of nitrogens with two attached hydrogens (primary N) is 1. The largest absolute Gasteiger partial charge is 0.399 e. The van der Waals surface area contributed by atoms with E-state index in [-0.39, 0.29) is 11.8 Å². The van der Waals surface area contributed by atoms with Crippen LogP contribution in [0.5, 0.6) is 0 Å². The summed E-state index contributed by atoms with van der Waals surface area (Å²) in [7, 11) is 0. The summed E-state index contributed by atoms with van der Waals surface area (Å²) in [6.07, 6.45) is 1.31. The summed E-state index contributed by atoms with van der Waals surface area (Å²) in [4.78, 5) is 28.0. The fourth-order valence-electron chi connectivity index (χ4n) is 2.47. The number of amides is 2. The molecule has 114 valence electrons. The standard InChI is InChI=1S/C15H20BrN3O2/c1-2-14(20)18-6-3-7-19(9-8-18)15(21)12-10-11(17)4-5-13(12)16/h4-5,10H,2-3,6-9,17H2,1H3. The summed E-state index contributed by atoms with van der Waals surface area (Å²) in [5, 5.41) is 0. The number of nitrogen functional groups attached to an aromatic ring is 1. The molecular weight excluding hydrogens is 334 g/mol. The van der Waals surface area contributed by atoms with E-state index in [1.54, 1.807) is 23.1 Å². The maximum Gasteiger partial charge on any atom is 0.255 e. The molecule has 1 aliphatic rings. The molecule has 0 atom stereocenters. The Balaban J connectivity index is 2.10. The van der Waals surface area contributed by atoms with Crippen molar-refractivity contribution in [1.29, 1.82) is 0 Å². The van der Waals surface area contributed by atoms with E-state index in [9.17, 15) is 9.59 Å². The van der Waals surface area contributed by atoms with Gasteiger partial charge in [0.1, 0.15) is 0 Å². The van der Waals surface area contributed by atoms with Crippen molar-refractivity contribution in [3.8, 4) is 0 Å². The zero-order valence-electron chi connectivity index (χ0n) is 12.1. The highest BCUT2D eigenvalue weighted by molar-refractivity contribution is 9.10. The van der Waals surface area contributed by atoms with Gasteiger partial charge in [-0.3, -0.25) is 9.59 Å². The van der Waals surface area contributed by atoms with Crippen molar-refractivity contribution < 1.29 is 9.59 Å². The first kappa shape index (κ1) is 15.8. The first-order valence-corrected chi connectivity index (χ1v) is 7.94. The topological polar surface area (TPSA) is 66.6 Å². The van der Waals surface area contributed by atoms with Crippen molar-refractivity contribution in [1.82, 2.24) is 9.80 Å². The highest BCUT2D eigenvalue weighted by Gasteiger charge is 2.23. The molecule has 21 heavy (non-hydrogen) atoms. The molecule has 1 aliphatic heterocycles. The third-order valence-corrected chi connectivity index (χ3v) is 4.35. The summed E-state index contributed by atoms with van der Waals surface area (Å²) in [5.74, 6) is 0.106. The van der Waals surface area contributed by atoms with Crippen LogP contribution in [0.4, 0.5) is 5.69 Å². The van der Waals surface area contributed by atoms with Crippen LogP contribution in [0.3, 0.4) is 0 Å². The van der Waals surface area contributed by atoms with Gasteiger partial charge in [-0.05, 0) is 40.5 Å². The number of rotatable bonds is 2. The van der Waals surface area contributed by atoms with Crippen molar-refractivity contribution in [2.75, 3.05) is 31.9 Å². The van der Waals surface area contributed by atoms with Gasteiger partial charge < -0.3 is 15.5 Å². The molecule has 1 aromatic carbocycles. The monoisotopic (exact) mass is 353 g/mol. The summed E-state index contributed by atoms with van der Waals surface area (Å²) in [5.41, 5.74) is 6.90. The Bertz CT molecular complexity index is 548. The highest BCUT2D eigenvalue weighted by Crippen LogP contribution is 2.22. The van der Waals surface area contributed by atoms with Crippen LogP contribution in [0, 0.1) is 0 Å². The quantitative estimate of drug-likeness (QED) is 0.828. The van der Waals surface area contributed by atoms with Crippen molar-refractivity contribution in [2.24, 2.45) is 0 Å². The van der Waals surface area contributed by atoms with E-state index >= 15 is 0 Å². The van der Waals surface area contributed by atoms with E-state index in [4.69, 9.17) is 5.73 Å². The number of hydrogen-bond acceptors (Lipinski definition) is 3. The minimum Gasteiger partial charge on any atom is -0.399 e. The molecule has 1 saturated heterocycles. The number of halogens is 1. The average Bonchev–Trinajstić information content (AvgIpc) is 2.74. The SMILES string of the molecule is CCC(=O)N1CCCN(C(=O)c2cc(N)ccc2Br)CC1. The molecule has 2 N–H and O–H groups in total. The lowest BCUT2D eigenvalue weighted by Gasteiger charge is -2.22. The number of hydrogen-bond donors (Lipinski definition) is 1. The molecule has 0 unspecified atom stereocenters. The van der Waals surface area contributed by atoms with Crippen molar-refractivity contribution in [3.05, 3.63) is 28.2 Å². The maximum absolute atomic E-state index is 12.6. The lowest BCUT2D eigenvalue weighted by atomic mass is 10.1. The van der Waals surface area contributed by atoms with Gasteiger partial charge >= 0.3 is 0 Å². The van der Waals surface area contributed by atoms with Crippen LogP contribution in [0.15, 0.2) is 22.7 Å². The van der Waals surface area contributed by atoms with Crippen molar-refractivity contribution in [3.63, 3.8) is 0 Å². The number of carbonyl (C=O) groups is 2. The fraction of sp³-hybridized carbons (Fsp3) is 0.467. The molecular formula is C15H20BrN3O2. The van der Waals surface area contributed by atoms with Crippen LogP contribution in [0.2, 0.25) is 0 Å². The highest BCUT2D eigenvalue weighted by atomic mass is 79.9. The second kappa shape index (κ2) is 6.93. The Morgan fingerprint density at radius 1 is 1.19 bits per heavy atom.